The Morgan fingerprint density at radius 1 is 0.625 bits per heavy atom. The van der Waals surface area contributed by atoms with E-state index in [2.05, 4.69) is 0 Å². The summed E-state index contributed by atoms with van der Waals surface area (Å²) in [6.07, 6.45) is 0. The number of carbonyl (C=O) groups is 4. The minimum absolute atomic E-state index is 0.218. The zero-order chi connectivity index (χ0) is 27.5. The fourth-order valence-corrected chi connectivity index (χ4v) is 6.85. The summed E-state index contributed by atoms with van der Waals surface area (Å²) in [6.45, 7) is -0.461. The molecule has 6 nitrogen and oxygen atoms in total. The van der Waals surface area contributed by atoms with Crippen LogP contribution in [0.5, 0.6) is 0 Å². The molecule has 0 spiro atoms. The topological polar surface area (TPSA) is 74.8 Å². The third-order valence-electron chi connectivity index (χ3n) is 8.38. The highest BCUT2D eigenvalue weighted by molar-refractivity contribution is 6.30. The van der Waals surface area contributed by atoms with Gasteiger partial charge in [-0.2, -0.15) is 5.01 Å². The van der Waals surface area contributed by atoms with E-state index in [4.69, 9.17) is 11.6 Å². The SMILES string of the molecule is O=C(CN(C(=O)c1ccc(Cl)cc1)N1C(=O)[C@@H]2C3c4ccccc4C(c4ccccc43)[C@H]2C1=O)c1ccccc1. The van der Waals surface area contributed by atoms with E-state index in [0.29, 0.717) is 10.6 Å². The Morgan fingerprint density at radius 2 is 1.07 bits per heavy atom. The highest BCUT2D eigenvalue weighted by Gasteiger charge is 2.63. The molecule has 0 aromatic heterocycles. The normalized spacial score (nSPS) is 22.0. The van der Waals surface area contributed by atoms with Crippen molar-refractivity contribution in [3.63, 3.8) is 0 Å². The summed E-state index contributed by atoms with van der Waals surface area (Å²) in [4.78, 5) is 55.8. The van der Waals surface area contributed by atoms with E-state index in [1.54, 1.807) is 42.5 Å². The molecular weight excluding hydrogens is 524 g/mol. The number of carbonyl (C=O) groups excluding carboxylic acids is 4. The molecule has 4 aromatic carbocycles. The van der Waals surface area contributed by atoms with Crippen LogP contribution in [0.2, 0.25) is 5.02 Å². The molecule has 1 saturated heterocycles. The molecule has 196 valence electrons. The van der Waals surface area contributed by atoms with Gasteiger partial charge in [0.25, 0.3) is 17.7 Å². The summed E-state index contributed by atoms with van der Waals surface area (Å²) in [5.74, 6) is -3.91. The molecule has 0 radical (unpaired) electrons. The molecule has 3 amide bonds. The molecule has 0 saturated carbocycles. The van der Waals surface area contributed by atoms with Crippen LogP contribution in [0.4, 0.5) is 0 Å². The summed E-state index contributed by atoms with van der Waals surface area (Å²) in [5.41, 5.74) is 4.73. The molecule has 1 aliphatic heterocycles. The van der Waals surface area contributed by atoms with E-state index in [1.165, 1.54) is 12.1 Å². The number of benzene rings is 4. The molecule has 1 fully saturated rings. The van der Waals surface area contributed by atoms with Gasteiger partial charge in [-0.1, -0.05) is 90.5 Å². The van der Waals surface area contributed by atoms with E-state index in [0.717, 1.165) is 32.3 Å². The van der Waals surface area contributed by atoms with Crippen molar-refractivity contribution < 1.29 is 19.2 Å². The lowest BCUT2D eigenvalue weighted by Gasteiger charge is -2.45. The van der Waals surface area contributed by atoms with Crippen molar-refractivity contribution in [1.82, 2.24) is 10.0 Å². The third-order valence-corrected chi connectivity index (χ3v) is 8.63. The second-order valence-corrected chi connectivity index (χ2v) is 10.8. The monoisotopic (exact) mass is 546 g/mol. The molecule has 2 atom stereocenters. The van der Waals surface area contributed by atoms with Gasteiger partial charge in [-0.05, 0) is 46.5 Å². The zero-order valence-electron chi connectivity index (χ0n) is 21.2. The van der Waals surface area contributed by atoms with Gasteiger partial charge in [-0.15, -0.1) is 0 Å². The van der Waals surface area contributed by atoms with Crippen molar-refractivity contribution >= 4 is 35.1 Å². The lowest BCUT2D eigenvalue weighted by molar-refractivity contribution is -0.154. The van der Waals surface area contributed by atoms with Crippen LogP contribution in [0.25, 0.3) is 0 Å². The van der Waals surface area contributed by atoms with E-state index < -0.39 is 36.1 Å². The lowest BCUT2D eigenvalue weighted by atomic mass is 9.55. The van der Waals surface area contributed by atoms with Crippen molar-refractivity contribution in [2.75, 3.05) is 6.54 Å². The van der Waals surface area contributed by atoms with Crippen LogP contribution in [0.1, 0.15) is 54.8 Å². The molecule has 3 aliphatic carbocycles. The molecule has 8 rings (SSSR count). The highest BCUT2D eigenvalue weighted by Crippen LogP contribution is 2.61. The Balaban J connectivity index is 1.33. The van der Waals surface area contributed by atoms with Gasteiger partial charge in [0, 0.05) is 28.0 Å². The Morgan fingerprint density at radius 3 is 1.55 bits per heavy atom. The maximum absolute atomic E-state index is 14.3. The van der Waals surface area contributed by atoms with Crippen molar-refractivity contribution in [1.29, 1.82) is 0 Å². The van der Waals surface area contributed by atoms with E-state index >= 15 is 0 Å². The number of nitrogens with zero attached hydrogens (tertiary/aromatic N) is 2. The summed E-state index contributed by atoms with van der Waals surface area (Å²) >= 11 is 6.05. The molecular formula is C33H23ClN2O4. The van der Waals surface area contributed by atoms with Crippen LogP contribution in [-0.2, 0) is 9.59 Å². The maximum Gasteiger partial charge on any atom is 0.273 e. The summed E-state index contributed by atoms with van der Waals surface area (Å²) in [6, 6.07) is 30.6. The quantitative estimate of drug-likeness (QED) is 0.246. The number of hydrazine groups is 1. The van der Waals surface area contributed by atoms with Gasteiger partial charge in [0.2, 0.25) is 0 Å². The summed E-state index contributed by atoms with van der Waals surface area (Å²) in [5, 5.41) is 2.41. The molecule has 4 aliphatic rings. The Hall–Kier alpha value is -4.55. The van der Waals surface area contributed by atoms with Crippen molar-refractivity contribution in [3.8, 4) is 0 Å². The first-order valence-electron chi connectivity index (χ1n) is 13.2. The number of Topliss-reactive ketones (excluding diaryl/α,β-unsaturated/α-hetero) is 1. The van der Waals surface area contributed by atoms with Crippen LogP contribution in [0.15, 0.2) is 103 Å². The largest absolute Gasteiger partial charge is 0.292 e. The molecule has 4 aromatic rings. The standard InChI is InChI=1S/C33H23ClN2O4/c34-21-16-14-20(15-17-21)31(38)35(18-26(37)19-8-2-1-3-9-19)36-32(39)29-27-22-10-4-5-11-23(22)28(30(29)33(36)40)25-13-7-6-12-24(25)27/h1-17,27-30H,18H2/t27?,28?,29-,30-/m1/s1. The second-order valence-electron chi connectivity index (χ2n) is 10.4. The predicted molar refractivity (Wildman–Crippen MR) is 149 cm³/mol. The molecule has 0 unspecified atom stereocenters. The molecule has 40 heavy (non-hydrogen) atoms. The summed E-state index contributed by atoms with van der Waals surface area (Å²) in [7, 11) is 0. The number of hydrogen-bond donors (Lipinski definition) is 0. The number of imide groups is 1. The van der Waals surface area contributed by atoms with Crippen LogP contribution >= 0.6 is 11.6 Å². The number of amides is 3. The number of halogens is 1. The maximum atomic E-state index is 14.3. The van der Waals surface area contributed by atoms with Gasteiger partial charge in [-0.3, -0.25) is 19.2 Å². The fourth-order valence-electron chi connectivity index (χ4n) is 6.73. The number of ketones is 1. The van der Waals surface area contributed by atoms with Crippen molar-refractivity contribution in [3.05, 3.63) is 142 Å². The van der Waals surface area contributed by atoms with Crippen molar-refractivity contribution in [2.24, 2.45) is 11.8 Å². The Bertz CT molecular complexity index is 1590. The van der Waals surface area contributed by atoms with Crippen LogP contribution in [0, 0.1) is 11.8 Å². The molecule has 2 bridgehead atoms. The lowest BCUT2D eigenvalue weighted by Crippen LogP contribution is -2.52. The van der Waals surface area contributed by atoms with Crippen LogP contribution in [0.3, 0.4) is 0 Å². The van der Waals surface area contributed by atoms with Gasteiger partial charge >= 0.3 is 0 Å². The van der Waals surface area contributed by atoms with E-state index in [1.807, 2.05) is 48.5 Å². The molecule has 1 heterocycles. The second kappa shape index (κ2) is 9.28. The number of rotatable bonds is 5. The van der Waals surface area contributed by atoms with Crippen LogP contribution < -0.4 is 0 Å². The van der Waals surface area contributed by atoms with Gasteiger partial charge in [0.05, 0.1) is 11.8 Å². The van der Waals surface area contributed by atoms with Crippen LogP contribution in [-0.4, -0.2) is 40.1 Å². The first-order valence-corrected chi connectivity index (χ1v) is 13.5. The smallest absolute Gasteiger partial charge is 0.273 e. The zero-order valence-corrected chi connectivity index (χ0v) is 22.0. The molecule has 7 heteroatoms. The summed E-state index contributed by atoms with van der Waals surface area (Å²) < 4.78 is 0. The average Bonchev–Trinajstić information content (AvgIpc) is 3.26. The first-order chi connectivity index (χ1) is 19.5. The van der Waals surface area contributed by atoms with Gasteiger partial charge in [0.15, 0.2) is 5.78 Å². The van der Waals surface area contributed by atoms with E-state index in [-0.39, 0.29) is 23.2 Å². The Kier molecular flexibility index (Phi) is 5.68. The minimum Gasteiger partial charge on any atom is -0.292 e. The van der Waals surface area contributed by atoms with E-state index in [9.17, 15) is 19.2 Å². The van der Waals surface area contributed by atoms with Gasteiger partial charge in [-0.25, -0.2) is 5.01 Å². The first kappa shape index (κ1) is 24.5. The third kappa shape index (κ3) is 3.56. The average molecular weight is 547 g/mol. The number of hydrogen-bond acceptors (Lipinski definition) is 4. The van der Waals surface area contributed by atoms with Crippen molar-refractivity contribution in [2.45, 2.75) is 11.8 Å². The highest BCUT2D eigenvalue weighted by atomic mass is 35.5. The van der Waals surface area contributed by atoms with Gasteiger partial charge in [0.1, 0.15) is 6.54 Å². The predicted octanol–water partition coefficient (Wildman–Crippen LogP) is 5.47. The fraction of sp³-hybridized carbons (Fsp3) is 0.152. The Labute approximate surface area is 235 Å². The van der Waals surface area contributed by atoms with Gasteiger partial charge < -0.3 is 0 Å². The molecule has 0 N–H and O–H groups in total. The minimum atomic E-state index is -0.672.